The summed E-state index contributed by atoms with van der Waals surface area (Å²) in [6.07, 6.45) is 9.06. The van der Waals surface area contributed by atoms with Crippen molar-refractivity contribution >= 4 is 41.0 Å². The Morgan fingerprint density at radius 1 is 1.10 bits per heavy atom. The van der Waals surface area contributed by atoms with Crippen molar-refractivity contribution in [3.63, 3.8) is 0 Å². The SMILES string of the molecule is CSCC[C@H](NC(=O)c1ccc(Cl)cc1)C(=O)OCC(=O)C12CC3CC(CC(C3)C1)C2. The van der Waals surface area contributed by atoms with Crippen LogP contribution in [0.25, 0.3) is 0 Å². The van der Waals surface area contributed by atoms with Crippen molar-refractivity contribution < 1.29 is 19.1 Å². The lowest BCUT2D eigenvalue weighted by molar-refractivity contribution is -0.158. The fourth-order valence-corrected chi connectivity index (χ4v) is 6.77. The maximum Gasteiger partial charge on any atom is 0.329 e. The third-order valence-electron chi connectivity index (χ3n) is 7.28. The Morgan fingerprint density at radius 3 is 2.23 bits per heavy atom. The van der Waals surface area contributed by atoms with Gasteiger partial charge < -0.3 is 10.1 Å². The molecule has 1 atom stereocenters. The van der Waals surface area contributed by atoms with Crippen LogP contribution < -0.4 is 5.32 Å². The summed E-state index contributed by atoms with van der Waals surface area (Å²) >= 11 is 7.48. The summed E-state index contributed by atoms with van der Waals surface area (Å²) in [5, 5.41) is 3.31. The van der Waals surface area contributed by atoms with E-state index in [9.17, 15) is 14.4 Å². The summed E-state index contributed by atoms with van der Waals surface area (Å²) in [4.78, 5) is 38.5. The zero-order valence-corrected chi connectivity index (χ0v) is 19.5. The standard InChI is InChI=1S/C24H30ClNO4S/c1-31-7-6-20(26-22(28)18-2-4-19(25)5-3-18)23(29)30-14-21(27)24-11-15-8-16(12-24)10-17(9-15)13-24/h2-5,15-17,20H,6-14H2,1H3,(H,26,28)/t15?,16?,17?,20-,24?/m0/s1. The van der Waals surface area contributed by atoms with Crippen molar-refractivity contribution in [1.29, 1.82) is 0 Å². The summed E-state index contributed by atoms with van der Waals surface area (Å²) in [6.45, 7) is -0.183. The van der Waals surface area contributed by atoms with Crippen LogP contribution in [0.1, 0.15) is 55.3 Å². The van der Waals surface area contributed by atoms with Gasteiger partial charge in [-0.1, -0.05) is 11.6 Å². The van der Waals surface area contributed by atoms with Crippen LogP contribution in [0.4, 0.5) is 0 Å². The van der Waals surface area contributed by atoms with Gasteiger partial charge in [0.2, 0.25) is 0 Å². The van der Waals surface area contributed by atoms with E-state index >= 15 is 0 Å². The fraction of sp³-hybridized carbons (Fsp3) is 0.625. The van der Waals surface area contributed by atoms with E-state index in [0.717, 1.165) is 19.3 Å². The molecule has 4 saturated carbocycles. The molecule has 4 fully saturated rings. The molecule has 5 nitrogen and oxygen atoms in total. The van der Waals surface area contributed by atoms with Crippen molar-refractivity contribution in [2.45, 2.75) is 51.0 Å². The molecule has 7 heteroatoms. The van der Waals surface area contributed by atoms with E-state index < -0.39 is 12.0 Å². The largest absolute Gasteiger partial charge is 0.456 e. The van der Waals surface area contributed by atoms with Crippen LogP contribution in [0.5, 0.6) is 0 Å². The van der Waals surface area contributed by atoms with Gasteiger partial charge in [0.15, 0.2) is 12.4 Å². The van der Waals surface area contributed by atoms with E-state index in [1.165, 1.54) is 19.3 Å². The first-order valence-corrected chi connectivity index (χ1v) is 12.9. The normalized spacial score (nSPS) is 29.4. The third kappa shape index (κ3) is 5.11. The minimum absolute atomic E-state index is 0.0765. The van der Waals surface area contributed by atoms with Gasteiger partial charge >= 0.3 is 5.97 Å². The molecule has 0 unspecified atom stereocenters. The van der Waals surface area contributed by atoms with E-state index in [0.29, 0.717) is 40.5 Å². The molecule has 1 N–H and O–H groups in total. The molecule has 0 spiro atoms. The lowest BCUT2D eigenvalue weighted by atomic mass is 9.48. The lowest BCUT2D eigenvalue weighted by Crippen LogP contribution is -2.51. The molecule has 0 heterocycles. The zero-order chi connectivity index (χ0) is 22.0. The van der Waals surface area contributed by atoms with E-state index in [1.54, 1.807) is 36.0 Å². The molecule has 0 aliphatic heterocycles. The highest BCUT2D eigenvalue weighted by molar-refractivity contribution is 7.98. The van der Waals surface area contributed by atoms with Crippen molar-refractivity contribution in [2.24, 2.45) is 23.2 Å². The van der Waals surface area contributed by atoms with Crippen LogP contribution in [0.2, 0.25) is 5.02 Å². The van der Waals surface area contributed by atoms with Gasteiger partial charge in [-0.15, -0.1) is 0 Å². The van der Waals surface area contributed by atoms with Gasteiger partial charge in [-0.2, -0.15) is 11.8 Å². The molecule has 4 bridgehead atoms. The Balaban J connectivity index is 1.35. The van der Waals surface area contributed by atoms with E-state index in [2.05, 4.69) is 5.32 Å². The fourth-order valence-electron chi connectivity index (χ4n) is 6.17. The number of nitrogens with one attached hydrogen (secondary N) is 1. The van der Waals surface area contributed by atoms with Crippen molar-refractivity contribution in [1.82, 2.24) is 5.32 Å². The number of ketones is 1. The number of esters is 1. The van der Waals surface area contributed by atoms with Crippen LogP contribution in [0.15, 0.2) is 24.3 Å². The minimum atomic E-state index is -0.778. The van der Waals surface area contributed by atoms with E-state index in [4.69, 9.17) is 16.3 Å². The molecule has 31 heavy (non-hydrogen) atoms. The molecule has 4 aliphatic carbocycles. The summed E-state index contributed by atoms with van der Waals surface area (Å²) < 4.78 is 5.47. The number of carbonyl (C=O) groups excluding carboxylic acids is 3. The maximum atomic E-state index is 13.1. The molecular formula is C24H30ClNO4S. The molecule has 5 rings (SSSR count). The average Bonchev–Trinajstić information content (AvgIpc) is 2.74. The summed E-state index contributed by atoms with van der Waals surface area (Å²) in [5.41, 5.74) is 0.145. The smallest absolute Gasteiger partial charge is 0.329 e. The summed E-state index contributed by atoms with van der Waals surface area (Å²) in [6, 6.07) is 5.72. The molecule has 0 saturated heterocycles. The van der Waals surface area contributed by atoms with Gasteiger partial charge in [0.05, 0.1) is 0 Å². The molecular weight excluding hydrogens is 434 g/mol. The summed E-state index contributed by atoms with van der Waals surface area (Å²) in [5.74, 6) is 1.88. The highest BCUT2D eigenvalue weighted by Crippen LogP contribution is 2.60. The van der Waals surface area contributed by atoms with Gasteiger partial charge in [0, 0.05) is 16.0 Å². The monoisotopic (exact) mass is 463 g/mol. The second-order valence-corrected chi connectivity index (χ2v) is 11.0. The van der Waals surface area contributed by atoms with Gasteiger partial charge in [-0.3, -0.25) is 9.59 Å². The quantitative estimate of drug-likeness (QED) is 0.545. The number of amides is 1. The van der Waals surface area contributed by atoms with Crippen LogP contribution in [-0.2, 0) is 14.3 Å². The second-order valence-electron chi connectivity index (χ2n) is 9.54. The zero-order valence-electron chi connectivity index (χ0n) is 17.9. The van der Waals surface area contributed by atoms with Gasteiger partial charge in [-0.25, -0.2) is 4.79 Å². The van der Waals surface area contributed by atoms with E-state index in [-0.39, 0.29) is 23.7 Å². The van der Waals surface area contributed by atoms with Gasteiger partial charge in [-0.05, 0) is 99.0 Å². The Kier molecular flexibility index (Phi) is 6.97. The second kappa shape index (κ2) is 9.53. The minimum Gasteiger partial charge on any atom is -0.456 e. The number of ether oxygens (including phenoxy) is 1. The molecule has 1 aromatic carbocycles. The topological polar surface area (TPSA) is 72.5 Å². The molecule has 168 valence electrons. The van der Waals surface area contributed by atoms with Gasteiger partial charge in [0.25, 0.3) is 5.91 Å². The van der Waals surface area contributed by atoms with Crippen LogP contribution in [0, 0.1) is 23.2 Å². The predicted molar refractivity (Wildman–Crippen MR) is 122 cm³/mol. The van der Waals surface area contributed by atoms with Crippen LogP contribution >= 0.6 is 23.4 Å². The number of benzene rings is 1. The number of thioether (sulfide) groups is 1. The molecule has 0 aromatic heterocycles. The number of hydrogen-bond donors (Lipinski definition) is 1. The Bertz CT molecular complexity index is 805. The number of hydrogen-bond acceptors (Lipinski definition) is 5. The number of Topliss-reactive ketones (excluding diaryl/α,β-unsaturated/α-hetero) is 1. The predicted octanol–water partition coefficient (Wildman–Crippen LogP) is 4.52. The van der Waals surface area contributed by atoms with Gasteiger partial charge in [0.1, 0.15) is 6.04 Å². The van der Waals surface area contributed by atoms with Crippen molar-refractivity contribution in [3.05, 3.63) is 34.9 Å². The van der Waals surface area contributed by atoms with Crippen molar-refractivity contribution in [2.75, 3.05) is 18.6 Å². The lowest BCUT2D eigenvalue weighted by Gasteiger charge is -2.55. The first kappa shape index (κ1) is 22.7. The number of carbonyl (C=O) groups is 3. The number of halogens is 1. The molecule has 4 aliphatic rings. The van der Waals surface area contributed by atoms with E-state index in [1.807, 2.05) is 6.26 Å². The first-order chi connectivity index (χ1) is 14.9. The Labute approximate surface area is 193 Å². The van der Waals surface area contributed by atoms with Crippen LogP contribution in [0.3, 0.4) is 0 Å². The van der Waals surface area contributed by atoms with Crippen molar-refractivity contribution in [3.8, 4) is 0 Å². The molecule has 0 radical (unpaired) electrons. The van der Waals surface area contributed by atoms with Crippen LogP contribution in [-0.4, -0.2) is 42.3 Å². The Hall–Kier alpha value is -1.53. The highest BCUT2D eigenvalue weighted by atomic mass is 35.5. The summed E-state index contributed by atoms with van der Waals surface area (Å²) in [7, 11) is 0. The molecule has 1 aromatic rings. The number of rotatable bonds is 9. The third-order valence-corrected chi connectivity index (χ3v) is 8.18. The average molecular weight is 464 g/mol. The first-order valence-electron chi connectivity index (χ1n) is 11.1. The maximum absolute atomic E-state index is 13.1. The Morgan fingerprint density at radius 2 is 1.68 bits per heavy atom. The molecule has 1 amide bonds. The highest BCUT2D eigenvalue weighted by Gasteiger charge is 2.54.